The molecule has 0 aromatic carbocycles. The topological polar surface area (TPSA) is 105 Å². The summed E-state index contributed by atoms with van der Waals surface area (Å²) in [6.07, 6.45) is -1.97. The Hall–Kier alpha value is -1.44. The molecule has 7 nitrogen and oxygen atoms in total. The Labute approximate surface area is 96.3 Å². The van der Waals surface area contributed by atoms with Gasteiger partial charge in [-0.3, -0.25) is 14.3 Å². The van der Waals surface area contributed by atoms with E-state index in [2.05, 4.69) is 4.98 Å². The van der Waals surface area contributed by atoms with Crippen LogP contribution in [-0.2, 0) is 4.74 Å². The van der Waals surface area contributed by atoms with Crippen molar-refractivity contribution in [1.82, 2.24) is 9.55 Å². The smallest absolute Gasteiger partial charge is 0.330 e. The Balaban J connectivity index is 2.35. The third-order valence-corrected chi connectivity index (χ3v) is 2.86. The van der Waals surface area contributed by atoms with Crippen LogP contribution in [0.4, 0.5) is 0 Å². The van der Waals surface area contributed by atoms with Crippen molar-refractivity contribution in [2.24, 2.45) is 0 Å². The molecule has 0 saturated carbocycles. The van der Waals surface area contributed by atoms with Gasteiger partial charge in [-0.2, -0.15) is 0 Å². The van der Waals surface area contributed by atoms with Crippen molar-refractivity contribution in [3.63, 3.8) is 0 Å². The number of aliphatic hydroxyl groups is 2. The summed E-state index contributed by atoms with van der Waals surface area (Å²) in [6, 6.07) is 1.16. The molecule has 0 amide bonds. The van der Waals surface area contributed by atoms with Gasteiger partial charge >= 0.3 is 5.69 Å². The Morgan fingerprint density at radius 3 is 2.65 bits per heavy atom. The second-order valence-electron chi connectivity index (χ2n) is 3.97. The summed E-state index contributed by atoms with van der Waals surface area (Å²) in [5.74, 6) is 0. The zero-order chi connectivity index (χ0) is 12.6. The maximum Gasteiger partial charge on any atom is 0.330 e. The first-order valence-corrected chi connectivity index (χ1v) is 5.37. The molecular weight excluding hydrogens is 228 g/mol. The van der Waals surface area contributed by atoms with Gasteiger partial charge in [0.05, 0.1) is 6.10 Å². The van der Waals surface area contributed by atoms with Gasteiger partial charge in [0.1, 0.15) is 12.2 Å². The van der Waals surface area contributed by atoms with E-state index < -0.39 is 35.8 Å². The fraction of sp³-hybridized carbons (Fsp3) is 0.600. The predicted octanol–water partition coefficient (Wildman–Crippen LogP) is -1.43. The van der Waals surface area contributed by atoms with Crippen LogP contribution in [0.2, 0.25) is 0 Å². The number of hydrogen-bond acceptors (Lipinski definition) is 5. The van der Waals surface area contributed by atoms with Crippen molar-refractivity contribution >= 4 is 0 Å². The van der Waals surface area contributed by atoms with Crippen LogP contribution in [0.5, 0.6) is 0 Å². The lowest BCUT2D eigenvalue weighted by molar-refractivity contribution is -0.0405. The van der Waals surface area contributed by atoms with Crippen molar-refractivity contribution in [2.45, 2.75) is 37.9 Å². The maximum atomic E-state index is 11.5. The molecule has 0 spiro atoms. The first-order chi connectivity index (χ1) is 8.04. The van der Waals surface area contributed by atoms with Crippen molar-refractivity contribution in [2.75, 3.05) is 0 Å². The lowest BCUT2D eigenvalue weighted by atomic mass is 10.1. The number of nitrogens with one attached hydrogen (secondary N) is 1. The summed E-state index contributed by atoms with van der Waals surface area (Å²) < 4.78 is 6.44. The molecule has 1 aliphatic heterocycles. The van der Waals surface area contributed by atoms with Gasteiger partial charge in [-0.1, -0.05) is 6.92 Å². The van der Waals surface area contributed by atoms with Gasteiger partial charge in [0.2, 0.25) is 0 Å². The molecule has 0 aliphatic carbocycles. The van der Waals surface area contributed by atoms with Crippen LogP contribution in [0.25, 0.3) is 0 Å². The zero-order valence-corrected chi connectivity index (χ0v) is 9.24. The highest BCUT2D eigenvalue weighted by Gasteiger charge is 2.42. The van der Waals surface area contributed by atoms with Gasteiger partial charge < -0.3 is 14.9 Å². The molecule has 2 rings (SSSR count). The Morgan fingerprint density at radius 1 is 1.41 bits per heavy atom. The molecule has 1 aliphatic rings. The number of aliphatic hydroxyl groups excluding tert-OH is 2. The fourth-order valence-electron chi connectivity index (χ4n) is 1.92. The lowest BCUT2D eigenvalue weighted by Crippen LogP contribution is -2.37. The normalized spacial score (nSPS) is 32.9. The third-order valence-electron chi connectivity index (χ3n) is 2.86. The van der Waals surface area contributed by atoms with E-state index in [4.69, 9.17) is 4.74 Å². The number of rotatable bonds is 2. The molecule has 17 heavy (non-hydrogen) atoms. The Kier molecular flexibility index (Phi) is 3.14. The second-order valence-corrected chi connectivity index (χ2v) is 3.97. The summed E-state index contributed by atoms with van der Waals surface area (Å²) in [4.78, 5) is 24.5. The van der Waals surface area contributed by atoms with Gasteiger partial charge in [0, 0.05) is 12.3 Å². The molecule has 3 N–H and O–H groups in total. The van der Waals surface area contributed by atoms with E-state index in [1.807, 2.05) is 0 Å². The number of nitrogens with zero attached hydrogens (tertiary/aromatic N) is 1. The molecule has 0 unspecified atom stereocenters. The molecule has 2 heterocycles. The second kappa shape index (κ2) is 4.44. The summed E-state index contributed by atoms with van der Waals surface area (Å²) in [5, 5.41) is 19.5. The van der Waals surface area contributed by atoms with E-state index in [9.17, 15) is 19.8 Å². The van der Waals surface area contributed by atoms with E-state index in [1.54, 1.807) is 6.92 Å². The summed E-state index contributed by atoms with van der Waals surface area (Å²) >= 11 is 0. The minimum atomic E-state index is -1.19. The molecule has 1 aromatic heterocycles. The summed E-state index contributed by atoms with van der Waals surface area (Å²) in [6.45, 7) is 1.80. The maximum absolute atomic E-state index is 11.5. The molecule has 4 atom stereocenters. The van der Waals surface area contributed by atoms with Crippen LogP contribution in [-0.4, -0.2) is 38.1 Å². The van der Waals surface area contributed by atoms with Gasteiger partial charge in [-0.05, 0) is 6.42 Å². The summed E-state index contributed by atoms with van der Waals surface area (Å²) in [5.41, 5.74) is -1.20. The fourth-order valence-corrected chi connectivity index (χ4v) is 1.92. The Bertz CT molecular complexity index is 508. The molecule has 1 fully saturated rings. The van der Waals surface area contributed by atoms with Crippen LogP contribution < -0.4 is 11.2 Å². The highest BCUT2D eigenvalue weighted by Crippen LogP contribution is 2.29. The first kappa shape index (κ1) is 12.0. The van der Waals surface area contributed by atoms with Gasteiger partial charge in [0.15, 0.2) is 6.23 Å². The summed E-state index contributed by atoms with van der Waals surface area (Å²) in [7, 11) is 0. The average molecular weight is 242 g/mol. The van der Waals surface area contributed by atoms with Crippen LogP contribution in [0.1, 0.15) is 19.6 Å². The van der Waals surface area contributed by atoms with E-state index in [0.29, 0.717) is 6.42 Å². The minimum absolute atomic E-state index is 0.520. The first-order valence-electron chi connectivity index (χ1n) is 5.37. The van der Waals surface area contributed by atoms with E-state index in [-0.39, 0.29) is 0 Å². The zero-order valence-electron chi connectivity index (χ0n) is 9.24. The number of aromatic nitrogens is 2. The number of hydrogen-bond donors (Lipinski definition) is 3. The number of aromatic amines is 1. The monoisotopic (exact) mass is 242 g/mol. The standard InChI is InChI=1S/C10H14N2O5/c1-2-5-7(14)8(15)9(17-5)12-4-3-6(13)11-10(12)16/h3-5,7-9,14-15H,2H2,1H3,(H,11,13,16)/t5-,7+,8+,9-/m1/s1. The van der Waals surface area contributed by atoms with Crippen molar-refractivity contribution in [3.8, 4) is 0 Å². The molecular formula is C10H14N2O5. The van der Waals surface area contributed by atoms with Crippen LogP contribution in [0, 0.1) is 0 Å². The minimum Gasteiger partial charge on any atom is -0.388 e. The van der Waals surface area contributed by atoms with Crippen LogP contribution in [0.3, 0.4) is 0 Å². The number of ether oxygens (including phenoxy) is 1. The quantitative estimate of drug-likeness (QED) is 0.589. The van der Waals surface area contributed by atoms with Crippen molar-refractivity contribution in [1.29, 1.82) is 0 Å². The molecule has 0 bridgehead atoms. The van der Waals surface area contributed by atoms with E-state index >= 15 is 0 Å². The van der Waals surface area contributed by atoms with E-state index in [1.165, 1.54) is 6.20 Å². The molecule has 1 aromatic rings. The lowest BCUT2D eigenvalue weighted by Gasteiger charge is -2.16. The average Bonchev–Trinajstić information content (AvgIpc) is 2.57. The van der Waals surface area contributed by atoms with Crippen molar-refractivity contribution in [3.05, 3.63) is 33.1 Å². The van der Waals surface area contributed by atoms with E-state index in [0.717, 1.165) is 10.6 Å². The highest BCUT2D eigenvalue weighted by molar-refractivity contribution is 4.92. The molecule has 0 radical (unpaired) electrons. The molecule has 7 heteroatoms. The Morgan fingerprint density at radius 2 is 2.12 bits per heavy atom. The molecule has 1 saturated heterocycles. The number of H-pyrrole nitrogens is 1. The van der Waals surface area contributed by atoms with Gasteiger partial charge in [0.25, 0.3) is 5.56 Å². The third kappa shape index (κ3) is 2.04. The molecule has 94 valence electrons. The predicted molar refractivity (Wildman–Crippen MR) is 57.5 cm³/mol. The van der Waals surface area contributed by atoms with Gasteiger partial charge in [-0.15, -0.1) is 0 Å². The highest BCUT2D eigenvalue weighted by atomic mass is 16.6. The van der Waals surface area contributed by atoms with Crippen molar-refractivity contribution < 1.29 is 14.9 Å². The van der Waals surface area contributed by atoms with Crippen LogP contribution >= 0.6 is 0 Å². The SMILES string of the molecule is CC[C@H]1O[C@@H](n2ccc(=O)[nH]c2=O)[C@@H](O)[C@H]1O. The van der Waals surface area contributed by atoms with Crippen LogP contribution in [0.15, 0.2) is 21.9 Å². The van der Waals surface area contributed by atoms with Gasteiger partial charge in [-0.25, -0.2) is 4.79 Å². The largest absolute Gasteiger partial charge is 0.388 e.